The van der Waals surface area contributed by atoms with Crippen LogP contribution in [0, 0.1) is 5.82 Å². The first-order valence-corrected chi connectivity index (χ1v) is 6.35. The maximum Gasteiger partial charge on any atom is 0.159 e. The predicted octanol–water partition coefficient (Wildman–Crippen LogP) is 1.97. The first-order valence-electron chi connectivity index (χ1n) is 6.35. The van der Waals surface area contributed by atoms with E-state index in [1.54, 1.807) is 26.4 Å². The molecular formula is C14H23FN2O3. The van der Waals surface area contributed by atoms with E-state index in [1.807, 2.05) is 6.92 Å². The average molecular weight is 286 g/mol. The van der Waals surface area contributed by atoms with Crippen LogP contribution in [0.4, 0.5) is 10.1 Å². The molecule has 1 unspecified atom stereocenters. The molecule has 0 fully saturated rings. The smallest absolute Gasteiger partial charge is 0.159 e. The first-order chi connectivity index (χ1) is 9.47. The fourth-order valence-corrected chi connectivity index (χ4v) is 1.87. The van der Waals surface area contributed by atoms with Crippen molar-refractivity contribution in [3.63, 3.8) is 0 Å². The number of anilines is 1. The van der Waals surface area contributed by atoms with Gasteiger partial charge in [-0.1, -0.05) is 0 Å². The van der Waals surface area contributed by atoms with Crippen molar-refractivity contribution in [3.05, 3.63) is 24.0 Å². The monoisotopic (exact) mass is 286 g/mol. The maximum absolute atomic E-state index is 13.9. The molecule has 3 N–H and O–H groups in total. The Balaban J connectivity index is 2.91. The highest BCUT2D eigenvalue weighted by atomic mass is 19.1. The second kappa shape index (κ2) is 7.42. The number of hydrogen-bond acceptors (Lipinski definition) is 5. The molecule has 114 valence electrons. The molecule has 6 heteroatoms. The lowest BCUT2D eigenvalue weighted by molar-refractivity contribution is -0.113. The quantitative estimate of drug-likeness (QED) is 0.715. The summed E-state index contributed by atoms with van der Waals surface area (Å²) in [5, 5.41) is 3.11. The van der Waals surface area contributed by atoms with Gasteiger partial charge in [0.15, 0.2) is 6.29 Å². The van der Waals surface area contributed by atoms with Crippen LogP contribution in [0.5, 0.6) is 5.75 Å². The highest BCUT2D eigenvalue weighted by Gasteiger charge is 2.28. The van der Waals surface area contributed by atoms with Crippen LogP contribution < -0.4 is 15.8 Å². The first kappa shape index (κ1) is 16.7. The number of nitrogens with two attached hydrogens (primary N) is 1. The molecule has 0 aliphatic rings. The molecular weight excluding hydrogens is 263 g/mol. The van der Waals surface area contributed by atoms with Gasteiger partial charge in [-0.3, -0.25) is 0 Å². The van der Waals surface area contributed by atoms with Gasteiger partial charge in [0.05, 0.1) is 18.3 Å². The number of halogens is 1. The van der Waals surface area contributed by atoms with Crippen LogP contribution in [0.25, 0.3) is 0 Å². The third-order valence-corrected chi connectivity index (χ3v) is 3.20. The van der Waals surface area contributed by atoms with E-state index in [-0.39, 0.29) is 5.82 Å². The Labute approximate surface area is 119 Å². The fraction of sp³-hybridized carbons (Fsp3) is 0.571. The molecule has 0 aromatic heterocycles. The molecule has 1 rings (SSSR count). The number of ether oxygens (including phenoxy) is 3. The Hall–Kier alpha value is -1.37. The maximum atomic E-state index is 13.9. The molecule has 0 radical (unpaired) electrons. The van der Waals surface area contributed by atoms with Gasteiger partial charge >= 0.3 is 0 Å². The summed E-state index contributed by atoms with van der Waals surface area (Å²) >= 11 is 0. The molecule has 0 saturated heterocycles. The van der Waals surface area contributed by atoms with Crippen molar-refractivity contribution >= 4 is 5.69 Å². The van der Waals surface area contributed by atoms with Crippen LogP contribution in [0.1, 0.15) is 13.3 Å². The molecule has 0 heterocycles. The molecule has 0 bridgehead atoms. The second-order valence-electron chi connectivity index (χ2n) is 4.84. The lowest BCUT2D eigenvalue weighted by atomic mass is 9.97. The Morgan fingerprint density at radius 2 is 1.95 bits per heavy atom. The van der Waals surface area contributed by atoms with Gasteiger partial charge in [0.1, 0.15) is 11.6 Å². The van der Waals surface area contributed by atoms with Crippen LogP contribution >= 0.6 is 0 Å². The molecule has 20 heavy (non-hydrogen) atoms. The summed E-state index contributed by atoms with van der Waals surface area (Å²) in [6.45, 7) is 2.18. The van der Waals surface area contributed by atoms with E-state index in [0.29, 0.717) is 24.4 Å². The van der Waals surface area contributed by atoms with E-state index in [1.165, 1.54) is 13.2 Å². The number of methoxy groups -OCH3 is 3. The minimum Gasteiger partial charge on any atom is -0.497 e. The van der Waals surface area contributed by atoms with E-state index in [4.69, 9.17) is 19.9 Å². The molecule has 1 atom stereocenters. The third kappa shape index (κ3) is 4.33. The summed E-state index contributed by atoms with van der Waals surface area (Å²) in [6.07, 6.45) is 0.0670. The summed E-state index contributed by atoms with van der Waals surface area (Å²) in [5.74, 6) is 0.208. The van der Waals surface area contributed by atoms with E-state index >= 15 is 0 Å². The normalized spacial score (nSPS) is 14.2. The average Bonchev–Trinajstić information content (AvgIpc) is 2.47. The van der Waals surface area contributed by atoms with Gasteiger partial charge in [-0.2, -0.15) is 0 Å². The minimum absolute atomic E-state index is 0.298. The molecule has 1 aromatic carbocycles. The van der Waals surface area contributed by atoms with Crippen LogP contribution in [0.3, 0.4) is 0 Å². The zero-order chi connectivity index (χ0) is 15.2. The number of nitrogens with one attached hydrogen (secondary N) is 1. The van der Waals surface area contributed by atoms with E-state index in [9.17, 15) is 4.39 Å². The summed E-state index contributed by atoms with van der Waals surface area (Å²) < 4.78 is 29.3. The van der Waals surface area contributed by atoms with Gasteiger partial charge in [-0.05, 0) is 19.1 Å². The number of benzene rings is 1. The van der Waals surface area contributed by atoms with Crippen LogP contribution in [0.15, 0.2) is 18.2 Å². The lowest BCUT2D eigenvalue weighted by Gasteiger charge is -2.33. The van der Waals surface area contributed by atoms with Gasteiger partial charge in [0.2, 0.25) is 0 Å². The summed E-state index contributed by atoms with van der Waals surface area (Å²) in [5.41, 5.74) is 5.58. The zero-order valence-corrected chi connectivity index (χ0v) is 12.4. The van der Waals surface area contributed by atoms with Crippen molar-refractivity contribution in [3.8, 4) is 5.75 Å². The minimum atomic E-state index is -0.566. The Bertz CT molecular complexity index is 427. The van der Waals surface area contributed by atoms with E-state index in [2.05, 4.69) is 5.32 Å². The number of rotatable bonds is 8. The van der Waals surface area contributed by atoms with Crippen LogP contribution in [-0.2, 0) is 9.47 Å². The van der Waals surface area contributed by atoms with Crippen molar-refractivity contribution in [1.29, 1.82) is 0 Å². The van der Waals surface area contributed by atoms with Crippen molar-refractivity contribution < 1.29 is 18.6 Å². The molecule has 0 aliphatic heterocycles. The number of hydrogen-bond donors (Lipinski definition) is 2. The molecule has 0 aliphatic carbocycles. The van der Waals surface area contributed by atoms with Crippen LogP contribution in [0.2, 0.25) is 0 Å². The summed E-state index contributed by atoms with van der Waals surface area (Å²) in [6, 6.07) is 4.51. The topological polar surface area (TPSA) is 65.7 Å². The Morgan fingerprint density at radius 3 is 2.45 bits per heavy atom. The van der Waals surface area contributed by atoms with Gasteiger partial charge in [0, 0.05) is 33.3 Å². The SMILES string of the molecule is COc1ccc(F)c(NC(C)(CN)CC(OC)OC)c1. The van der Waals surface area contributed by atoms with Crippen molar-refractivity contribution in [1.82, 2.24) is 0 Å². The summed E-state index contributed by atoms with van der Waals surface area (Å²) in [4.78, 5) is 0. The van der Waals surface area contributed by atoms with E-state index in [0.717, 1.165) is 0 Å². The standard InChI is InChI=1S/C14H23FN2O3/c1-14(9-16,8-13(19-3)20-4)17-12-7-10(18-2)5-6-11(12)15/h5-7,13,17H,8-9,16H2,1-4H3. The van der Waals surface area contributed by atoms with Crippen molar-refractivity contribution in [2.24, 2.45) is 5.73 Å². The Kier molecular flexibility index (Phi) is 6.19. The second-order valence-corrected chi connectivity index (χ2v) is 4.84. The highest BCUT2D eigenvalue weighted by molar-refractivity contribution is 5.51. The predicted molar refractivity (Wildman–Crippen MR) is 76.5 cm³/mol. The molecule has 0 amide bonds. The third-order valence-electron chi connectivity index (χ3n) is 3.20. The van der Waals surface area contributed by atoms with Gasteiger partial charge in [-0.15, -0.1) is 0 Å². The van der Waals surface area contributed by atoms with Gasteiger partial charge in [-0.25, -0.2) is 4.39 Å². The van der Waals surface area contributed by atoms with Crippen molar-refractivity contribution in [2.75, 3.05) is 33.2 Å². The fourth-order valence-electron chi connectivity index (χ4n) is 1.87. The molecule has 0 saturated carbocycles. The molecule has 5 nitrogen and oxygen atoms in total. The molecule has 0 spiro atoms. The largest absolute Gasteiger partial charge is 0.497 e. The Morgan fingerprint density at radius 1 is 1.30 bits per heavy atom. The lowest BCUT2D eigenvalue weighted by Crippen LogP contribution is -2.46. The van der Waals surface area contributed by atoms with Crippen molar-refractivity contribution in [2.45, 2.75) is 25.2 Å². The van der Waals surface area contributed by atoms with Gasteiger partial charge < -0.3 is 25.3 Å². The molecule has 1 aromatic rings. The zero-order valence-electron chi connectivity index (χ0n) is 12.4. The van der Waals surface area contributed by atoms with Gasteiger partial charge in [0.25, 0.3) is 0 Å². The summed E-state index contributed by atoms with van der Waals surface area (Å²) in [7, 11) is 4.64. The van der Waals surface area contributed by atoms with E-state index < -0.39 is 11.8 Å². The highest BCUT2D eigenvalue weighted by Crippen LogP contribution is 2.26. The van der Waals surface area contributed by atoms with Crippen LogP contribution in [-0.4, -0.2) is 39.7 Å².